The number of hydrogen-bond acceptors (Lipinski definition) is 6. The monoisotopic (exact) mass is 362 g/mol. The lowest BCUT2D eigenvalue weighted by atomic mass is 10.2. The van der Waals surface area contributed by atoms with Gasteiger partial charge in [0.15, 0.2) is 10.8 Å². The number of halogens is 1. The summed E-state index contributed by atoms with van der Waals surface area (Å²) in [5, 5.41) is 7.90. The topological polar surface area (TPSA) is 78.6 Å². The van der Waals surface area contributed by atoms with E-state index in [4.69, 9.17) is 16.3 Å². The molecule has 3 heterocycles. The molecule has 3 rings (SSSR count). The van der Waals surface area contributed by atoms with Crippen molar-refractivity contribution < 1.29 is 4.74 Å². The third kappa shape index (κ3) is 3.77. The lowest BCUT2D eigenvalue weighted by molar-refractivity contribution is 0.0895. The average Bonchev–Trinajstić information content (AvgIpc) is 2.94. The van der Waals surface area contributed by atoms with Crippen molar-refractivity contribution in [2.75, 3.05) is 6.61 Å². The van der Waals surface area contributed by atoms with E-state index in [9.17, 15) is 0 Å². The SMILES string of the molecule is C[Si](C)(C)CCOCn1cnc2c(-c3ccnnc3Cl)ncnc21. The van der Waals surface area contributed by atoms with Crippen molar-refractivity contribution in [1.29, 1.82) is 0 Å². The van der Waals surface area contributed by atoms with Crippen LogP contribution in [0, 0.1) is 0 Å². The largest absolute Gasteiger partial charge is 0.361 e. The highest BCUT2D eigenvalue weighted by molar-refractivity contribution is 6.76. The Labute approximate surface area is 146 Å². The summed E-state index contributed by atoms with van der Waals surface area (Å²) in [6, 6.07) is 2.89. The molecule has 24 heavy (non-hydrogen) atoms. The molecule has 0 aliphatic heterocycles. The van der Waals surface area contributed by atoms with E-state index in [0.29, 0.717) is 34.3 Å². The van der Waals surface area contributed by atoms with Crippen LogP contribution in [0.25, 0.3) is 22.4 Å². The second-order valence-corrected chi connectivity index (χ2v) is 12.7. The Morgan fingerprint density at radius 3 is 2.79 bits per heavy atom. The molecule has 9 heteroatoms. The maximum absolute atomic E-state index is 6.12. The van der Waals surface area contributed by atoms with E-state index in [1.54, 1.807) is 18.6 Å². The standard InChI is InChI=1S/C15H19ClN6OSi/c1-24(2,3)7-6-23-10-22-9-19-13-12(17-8-18-15(13)22)11-4-5-20-21-14(11)16/h4-5,8-9H,6-7,10H2,1-3H3. The molecular weight excluding hydrogens is 344 g/mol. The lowest BCUT2D eigenvalue weighted by Gasteiger charge is -2.15. The average molecular weight is 363 g/mol. The molecule has 3 aromatic rings. The number of rotatable bonds is 6. The summed E-state index contributed by atoms with van der Waals surface area (Å²) in [6.07, 6.45) is 4.78. The molecule has 0 spiro atoms. The van der Waals surface area contributed by atoms with E-state index in [-0.39, 0.29) is 0 Å². The zero-order valence-electron chi connectivity index (χ0n) is 13.9. The van der Waals surface area contributed by atoms with E-state index in [0.717, 1.165) is 12.7 Å². The normalized spacial score (nSPS) is 12.0. The fraction of sp³-hybridized carbons (Fsp3) is 0.400. The molecule has 7 nitrogen and oxygen atoms in total. The minimum absolute atomic E-state index is 0.290. The van der Waals surface area contributed by atoms with Gasteiger partial charge in [-0.2, -0.15) is 5.10 Å². The van der Waals surface area contributed by atoms with Gasteiger partial charge in [-0.1, -0.05) is 31.2 Å². The van der Waals surface area contributed by atoms with Gasteiger partial charge in [0, 0.05) is 20.2 Å². The minimum Gasteiger partial charge on any atom is -0.361 e. The maximum Gasteiger partial charge on any atom is 0.165 e. The Hall–Kier alpha value is -1.90. The zero-order valence-corrected chi connectivity index (χ0v) is 15.7. The van der Waals surface area contributed by atoms with E-state index in [1.165, 1.54) is 6.33 Å². The Morgan fingerprint density at radius 1 is 1.21 bits per heavy atom. The summed E-state index contributed by atoms with van der Waals surface area (Å²) >= 11 is 6.12. The molecule has 0 saturated carbocycles. The molecule has 0 saturated heterocycles. The summed E-state index contributed by atoms with van der Waals surface area (Å²) in [5.74, 6) is 0. The van der Waals surface area contributed by atoms with Crippen molar-refractivity contribution in [3.05, 3.63) is 30.1 Å². The summed E-state index contributed by atoms with van der Waals surface area (Å²) in [6.45, 7) is 8.14. The summed E-state index contributed by atoms with van der Waals surface area (Å²) in [7, 11) is -1.10. The molecule has 3 aromatic heterocycles. The molecule has 0 aromatic carbocycles. The van der Waals surface area contributed by atoms with E-state index < -0.39 is 8.07 Å². The molecule has 0 fully saturated rings. The van der Waals surface area contributed by atoms with Gasteiger partial charge in [-0.05, 0) is 12.1 Å². The highest BCUT2D eigenvalue weighted by Crippen LogP contribution is 2.28. The maximum atomic E-state index is 6.12. The first-order valence-electron chi connectivity index (χ1n) is 7.67. The van der Waals surface area contributed by atoms with Crippen LogP contribution in [0.2, 0.25) is 30.8 Å². The first-order valence-corrected chi connectivity index (χ1v) is 11.8. The number of imidazole rings is 1. The Bertz CT molecular complexity index is 847. The van der Waals surface area contributed by atoms with Crippen molar-refractivity contribution in [3.63, 3.8) is 0 Å². The quantitative estimate of drug-likeness (QED) is 0.494. The van der Waals surface area contributed by atoms with E-state index in [2.05, 4.69) is 44.8 Å². The van der Waals surface area contributed by atoms with Crippen LogP contribution in [0.1, 0.15) is 0 Å². The summed E-state index contributed by atoms with van der Waals surface area (Å²) in [5.41, 5.74) is 2.70. The van der Waals surface area contributed by atoms with Crippen LogP contribution in [0.5, 0.6) is 0 Å². The summed E-state index contributed by atoms with van der Waals surface area (Å²) < 4.78 is 7.65. The first kappa shape index (κ1) is 16.9. The number of ether oxygens (including phenoxy) is 1. The second kappa shape index (κ2) is 6.92. The fourth-order valence-electron chi connectivity index (χ4n) is 2.20. The van der Waals surface area contributed by atoms with E-state index >= 15 is 0 Å². The molecule has 0 aliphatic carbocycles. The van der Waals surface area contributed by atoms with Crippen molar-refractivity contribution in [2.45, 2.75) is 32.4 Å². The van der Waals surface area contributed by atoms with E-state index in [1.807, 2.05) is 4.57 Å². The fourth-order valence-corrected chi connectivity index (χ4v) is 3.16. The van der Waals surface area contributed by atoms with Crippen LogP contribution in [-0.4, -0.2) is 44.4 Å². The predicted molar refractivity (Wildman–Crippen MR) is 95.5 cm³/mol. The number of hydrogen-bond donors (Lipinski definition) is 0. The van der Waals surface area contributed by atoms with Crippen molar-refractivity contribution >= 4 is 30.8 Å². The number of nitrogens with zero attached hydrogens (tertiary/aromatic N) is 6. The van der Waals surface area contributed by atoms with Crippen LogP contribution in [-0.2, 0) is 11.5 Å². The van der Waals surface area contributed by atoms with Crippen molar-refractivity contribution in [3.8, 4) is 11.3 Å². The molecule has 126 valence electrons. The van der Waals surface area contributed by atoms with Gasteiger partial charge < -0.3 is 4.74 Å². The van der Waals surface area contributed by atoms with Gasteiger partial charge in [-0.3, -0.25) is 4.57 Å². The molecule has 0 amide bonds. The van der Waals surface area contributed by atoms with Gasteiger partial charge in [0.2, 0.25) is 0 Å². The predicted octanol–water partition coefficient (Wildman–Crippen LogP) is 3.25. The molecule has 0 aliphatic rings. The van der Waals surface area contributed by atoms with Gasteiger partial charge in [0.1, 0.15) is 24.3 Å². The van der Waals surface area contributed by atoms with Crippen molar-refractivity contribution in [2.24, 2.45) is 0 Å². The van der Waals surface area contributed by atoms with Gasteiger partial charge in [-0.15, -0.1) is 5.10 Å². The number of fused-ring (bicyclic) bond motifs is 1. The summed E-state index contributed by atoms with van der Waals surface area (Å²) in [4.78, 5) is 13.1. The van der Waals surface area contributed by atoms with Crippen LogP contribution < -0.4 is 0 Å². The molecule has 0 N–H and O–H groups in total. The second-order valence-electron chi connectivity index (χ2n) is 6.69. The van der Waals surface area contributed by atoms with Crippen LogP contribution in [0.15, 0.2) is 24.9 Å². The zero-order chi connectivity index (χ0) is 17.2. The van der Waals surface area contributed by atoms with Gasteiger partial charge in [0.25, 0.3) is 0 Å². The van der Waals surface area contributed by atoms with Gasteiger partial charge in [-0.25, -0.2) is 15.0 Å². The molecule has 0 unspecified atom stereocenters. The third-order valence-electron chi connectivity index (χ3n) is 3.56. The molecule has 0 radical (unpaired) electrons. The highest BCUT2D eigenvalue weighted by Gasteiger charge is 2.15. The number of aromatic nitrogens is 6. The Balaban J connectivity index is 1.83. The Morgan fingerprint density at radius 2 is 2.04 bits per heavy atom. The van der Waals surface area contributed by atoms with Crippen LogP contribution >= 0.6 is 11.6 Å². The smallest absolute Gasteiger partial charge is 0.165 e. The molecule has 0 bridgehead atoms. The Kier molecular flexibility index (Phi) is 4.88. The molecular formula is C15H19ClN6OSi. The highest BCUT2D eigenvalue weighted by atomic mass is 35.5. The van der Waals surface area contributed by atoms with Crippen LogP contribution in [0.3, 0.4) is 0 Å². The van der Waals surface area contributed by atoms with Gasteiger partial charge in [0.05, 0.1) is 12.5 Å². The lowest BCUT2D eigenvalue weighted by Crippen LogP contribution is -2.22. The van der Waals surface area contributed by atoms with Gasteiger partial charge >= 0.3 is 0 Å². The minimum atomic E-state index is -1.10. The van der Waals surface area contributed by atoms with Crippen LogP contribution in [0.4, 0.5) is 0 Å². The first-order chi connectivity index (χ1) is 11.5. The third-order valence-corrected chi connectivity index (χ3v) is 5.54. The molecule has 0 atom stereocenters. The van der Waals surface area contributed by atoms with Crippen molar-refractivity contribution in [1.82, 2.24) is 29.7 Å².